The molecule has 122 valence electrons. The van der Waals surface area contributed by atoms with E-state index in [4.69, 9.17) is 4.74 Å². The standard InChI is InChI=1S/C16H29FN2O2/c1-12(2)10-18-7-6-16(15(17)11-18)21-14-4-8-19(9-5-14)13(3)20/h12,14-16H,4-11H2,1-3H3. The highest BCUT2D eigenvalue weighted by molar-refractivity contribution is 5.73. The van der Waals surface area contributed by atoms with E-state index in [0.29, 0.717) is 12.5 Å². The van der Waals surface area contributed by atoms with Crippen molar-refractivity contribution < 1.29 is 13.9 Å². The molecule has 0 spiro atoms. The average Bonchev–Trinajstić information content (AvgIpc) is 2.42. The van der Waals surface area contributed by atoms with Crippen molar-refractivity contribution in [3.63, 3.8) is 0 Å². The first-order valence-electron chi connectivity index (χ1n) is 8.23. The Morgan fingerprint density at radius 1 is 1.24 bits per heavy atom. The maximum atomic E-state index is 14.3. The zero-order valence-electron chi connectivity index (χ0n) is 13.6. The monoisotopic (exact) mass is 300 g/mol. The number of nitrogens with zero attached hydrogens (tertiary/aromatic N) is 2. The molecule has 0 aromatic heterocycles. The molecule has 0 aromatic carbocycles. The fraction of sp³-hybridized carbons (Fsp3) is 0.938. The summed E-state index contributed by atoms with van der Waals surface area (Å²) in [6, 6.07) is 0. The van der Waals surface area contributed by atoms with Crippen molar-refractivity contribution in [2.75, 3.05) is 32.7 Å². The maximum Gasteiger partial charge on any atom is 0.219 e. The van der Waals surface area contributed by atoms with Gasteiger partial charge in [-0.3, -0.25) is 9.69 Å². The van der Waals surface area contributed by atoms with E-state index in [-0.39, 0.29) is 18.1 Å². The second-order valence-electron chi connectivity index (χ2n) is 6.84. The van der Waals surface area contributed by atoms with Gasteiger partial charge in [-0.15, -0.1) is 0 Å². The number of carbonyl (C=O) groups excluding carboxylic acids is 1. The van der Waals surface area contributed by atoms with Gasteiger partial charge in [-0.05, 0) is 25.2 Å². The number of amides is 1. The maximum absolute atomic E-state index is 14.3. The predicted octanol–water partition coefficient (Wildman–Crippen LogP) is 2.08. The lowest BCUT2D eigenvalue weighted by Gasteiger charge is -2.39. The topological polar surface area (TPSA) is 32.8 Å². The summed E-state index contributed by atoms with van der Waals surface area (Å²) in [6.45, 7) is 9.79. The highest BCUT2D eigenvalue weighted by Crippen LogP contribution is 2.23. The summed E-state index contributed by atoms with van der Waals surface area (Å²) >= 11 is 0. The number of ether oxygens (including phenoxy) is 1. The van der Waals surface area contributed by atoms with Crippen LogP contribution in [0.25, 0.3) is 0 Å². The fourth-order valence-corrected chi connectivity index (χ4v) is 3.34. The molecule has 4 nitrogen and oxygen atoms in total. The number of likely N-dealkylation sites (tertiary alicyclic amines) is 2. The second-order valence-corrected chi connectivity index (χ2v) is 6.84. The van der Waals surface area contributed by atoms with E-state index in [1.807, 2.05) is 4.90 Å². The third-order valence-electron chi connectivity index (χ3n) is 4.44. The first-order valence-corrected chi connectivity index (χ1v) is 8.23. The minimum absolute atomic E-state index is 0.112. The molecule has 2 saturated heterocycles. The summed E-state index contributed by atoms with van der Waals surface area (Å²) in [4.78, 5) is 15.3. The molecule has 2 atom stereocenters. The lowest BCUT2D eigenvalue weighted by molar-refractivity contribution is -0.134. The molecule has 2 fully saturated rings. The first kappa shape index (κ1) is 16.7. The van der Waals surface area contributed by atoms with E-state index in [1.54, 1.807) is 6.92 Å². The summed E-state index contributed by atoms with van der Waals surface area (Å²) in [5.74, 6) is 0.699. The van der Waals surface area contributed by atoms with Crippen molar-refractivity contribution in [1.82, 2.24) is 9.80 Å². The van der Waals surface area contributed by atoms with E-state index in [0.717, 1.165) is 45.4 Å². The van der Waals surface area contributed by atoms with Crippen LogP contribution in [0.4, 0.5) is 4.39 Å². The van der Waals surface area contributed by atoms with Crippen LogP contribution in [0.1, 0.15) is 40.0 Å². The summed E-state index contributed by atoms with van der Waals surface area (Å²) < 4.78 is 20.3. The number of hydrogen-bond acceptors (Lipinski definition) is 3. The first-order chi connectivity index (χ1) is 9.95. The van der Waals surface area contributed by atoms with Gasteiger partial charge in [0.05, 0.1) is 12.2 Å². The van der Waals surface area contributed by atoms with Gasteiger partial charge < -0.3 is 9.64 Å². The Kier molecular flexibility index (Phi) is 5.99. The minimum atomic E-state index is -0.886. The van der Waals surface area contributed by atoms with Crippen LogP contribution in [0, 0.1) is 5.92 Å². The number of rotatable bonds is 4. The number of hydrogen-bond donors (Lipinski definition) is 0. The van der Waals surface area contributed by atoms with Crippen molar-refractivity contribution in [1.29, 1.82) is 0 Å². The zero-order valence-corrected chi connectivity index (χ0v) is 13.6. The Morgan fingerprint density at radius 2 is 1.90 bits per heavy atom. The van der Waals surface area contributed by atoms with Crippen LogP contribution in [-0.2, 0) is 9.53 Å². The molecule has 5 heteroatoms. The van der Waals surface area contributed by atoms with Gasteiger partial charge in [0.15, 0.2) is 0 Å². The van der Waals surface area contributed by atoms with Crippen molar-refractivity contribution in [2.45, 2.75) is 58.4 Å². The molecule has 0 radical (unpaired) electrons. The zero-order chi connectivity index (χ0) is 15.4. The summed E-state index contributed by atoms with van der Waals surface area (Å²) in [7, 11) is 0. The van der Waals surface area contributed by atoms with Crippen LogP contribution in [0.15, 0.2) is 0 Å². The highest BCUT2D eigenvalue weighted by Gasteiger charge is 2.33. The number of piperidine rings is 2. The molecule has 0 N–H and O–H groups in total. The molecule has 2 heterocycles. The van der Waals surface area contributed by atoms with Gasteiger partial charge in [0.1, 0.15) is 6.17 Å². The molecule has 2 rings (SSSR count). The minimum Gasteiger partial charge on any atom is -0.372 e. The third-order valence-corrected chi connectivity index (χ3v) is 4.44. The normalized spacial score (nSPS) is 29.1. The summed E-state index contributed by atoms with van der Waals surface area (Å²) in [5, 5.41) is 0. The van der Waals surface area contributed by atoms with E-state index >= 15 is 0 Å². The third kappa shape index (κ3) is 4.92. The van der Waals surface area contributed by atoms with Gasteiger partial charge in [0.2, 0.25) is 5.91 Å². The Balaban J connectivity index is 1.73. The fourth-order valence-electron chi connectivity index (χ4n) is 3.34. The quantitative estimate of drug-likeness (QED) is 0.797. The van der Waals surface area contributed by atoms with Crippen LogP contribution in [0.2, 0.25) is 0 Å². The SMILES string of the molecule is CC(=O)N1CCC(OC2CCN(CC(C)C)CC2F)CC1. The number of halogens is 1. The Hall–Kier alpha value is -0.680. The molecule has 2 aliphatic heterocycles. The molecule has 2 unspecified atom stereocenters. The van der Waals surface area contributed by atoms with Gasteiger partial charge in [0.25, 0.3) is 0 Å². The van der Waals surface area contributed by atoms with Crippen molar-refractivity contribution >= 4 is 5.91 Å². The van der Waals surface area contributed by atoms with Crippen LogP contribution < -0.4 is 0 Å². The van der Waals surface area contributed by atoms with Crippen LogP contribution in [0.3, 0.4) is 0 Å². The number of alkyl halides is 1. The van der Waals surface area contributed by atoms with Gasteiger partial charge in [0, 0.05) is 39.6 Å². The Morgan fingerprint density at radius 3 is 2.43 bits per heavy atom. The predicted molar refractivity (Wildman–Crippen MR) is 80.9 cm³/mol. The molecule has 0 aromatic rings. The van der Waals surface area contributed by atoms with Crippen LogP contribution in [0.5, 0.6) is 0 Å². The van der Waals surface area contributed by atoms with E-state index in [1.165, 1.54) is 0 Å². The molecule has 21 heavy (non-hydrogen) atoms. The molecular formula is C16H29FN2O2. The largest absolute Gasteiger partial charge is 0.372 e. The molecule has 0 saturated carbocycles. The Labute approximate surface area is 127 Å². The molecular weight excluding hydrogens is 271 g/mol. The summed E-state index contributed by atoms with van der Waals surface area (Å²) in [6.07, 6.45) is 1.41. The van der Waals surface area contributed by atoms with Crippen molar-refractivity contribution in [2.24, 2.45) is 5.92 Å². The van der Waals surface area contributed by atoms with Gasteiger partial charge in [-0.25, -0.2) is 4.39 Å². The highest BCUT2D eigenvalue weighted by atomic mass is 19.1. The van der Waals surface area contributed by atoms with Crippen molar-refractivity contribution in [3.05, 3.63) is 0 Å². The lowest BCUT2D eigenvalue weighted by atomic mass is 10.0. The van der Waals surface area contributed by atoms with Crippen molar-refractivity contribution in [3.8, 4) is 0 Å². The summed E-state index contributed by atoms with van der Waals surface area (Å²) in [5.41, 5.74) is 0. The molecule has 0 aliphatic carbocycles. The van der Waals surface area contributed by atoms with E-state index in [9.17, 15) is 9.18 Å². The van der Waals surface area contributed by atoms with Gasteiger partial charge >= 0.3 is 0 Å². The second kappa shape index (κ2) is 7.54. The lowest BCUT2D eigenvalue weighted by Crippen LogP contribution is -2.49. The number of carbonyl (C=O) groups is 1. The van der Waals surface area contributed by atoms with Gasteiger partial charge in [-0.2, -0.15) is 0 Å². The average molecular weight is 300 g/mol. The van der Waals surface area contributed by atoms with Crippen LogP contribution >= 0.6 is 0 Å². The van der Waals surface area contributed by atoms with E-state index < -0.39 is 6.17 Å². The molecule has 0 bridgehead atoms. The van der Waals surface area contributed by atoms with Crippen LogP contribution in [-0.4, -0.2) is 66.8 Å². The molecule has 1 amide bonds. The molecule has 2 aliphatic rings. The van der Waals surface area contributed by atoms with E-state index in [2.05, 4.69) is 18.7 Å². The smallest absolute Gasteiger partial charge is 0.219 e. The van der Waals surface area contributed by atoms with Gasteiger partial charge in [-0.1, -0.05) is 13.8 Å². The Bertz CT molecular complexity index is 343.